The van der Waals surface area contributed by atoms with Crippen LogP contribution < -0.4 is 9.47 Å². The lowest BCUT2D eigenvalue weighted by molar-refractivity contribution is -0.128. The predicted octanol–water partition coefficient (Wildman–Crippen LogP) is 5.45. The van der Waals surface area contributed by atoms with E-state index in [1.807, 2.05) is 20.8 Å². The lowest BCUT2D eigenvalue weighted by Gasteiger charge is -2.37. The van der Waals surface area contributed by atoms with Crippen molar-refractivity contribution in [3.63, 3.8) is 0 Å². The fraction of sp³-hybridized carbons (Fsp3) is 0.417. The Morgan fingerprint density at radius 1 is 1.10 bits per heavy atom. The summed E-state index contributed by atoms with van der Waals surface area (Å²) in [6, 6.07) is 3.28. The SMILES string of the molecule is CCC1=C(OC)C(CC)(CC)C(=O)C(C(=O)/C=C/c2cc(Cl)c(OC)c(OC)c2)=C1O. The number of rotatable bonds is 9. The van der Waals surface area contributed by atoms with Crippen molar-refractivity contribution in [3.8, 4) is 11.5 Å². The molecule has 0 bridgehead atoms. The first-order valence-corrected chi connectivity index (χ1v) is 10.5. The molecule has 0 atom stereocenters. The van der Waals surface area contributed by atoms with Crippen LogP contribution in [0.15, 0.2) is 40.9 Å². The summed E-state index contributed by atoms with van der Waals surface area (Å²) in [6.07, 6.45) is 4.10. The molecule has 2 rings (SSSR count). The van der Waals surface area contributed by atoms with Crippen molar-refractivity contribution in [1.29, 1.82) is 0 Å². The topological polar surface area (TPSA) is 82.1 Å². The number of ether oxygens (including phenoxy) is 3. The van der Waals surface area contributed by atoms with Gasteiger partial charge < -0.3 is 19.3 Å². The minimum Gasteiger partial charge on any atom is -0.507 e. The van der Waals surface area contributed by atoms with Gasteiger partial charge in [-0.05, 0) is 43.0 Å². The van der Waals surface area contributed by atoms with E-state index in [2.05, 4.69) is 0 Å². The third-order valence-electron chi connectivity index (χ3n) is 5.79. The van der Waals surface area contributed by atoms with Gasteiger partial charge in [-0.25, -0.2) is 0 Å². The van der Waals surface area contributed by atoms with E-state index in [0.717, 1.165) is 0 Å². The maximum Gasteiger partial charge on any atom is 0.193 e. The van der Waals surface area contributed by atoms with Gasteiger partial charge in [0.2, 0.25) is 0 Å². The van der Waals surface area contributed by atoms with E-state index in [9.17, 15) is 14.7 Å². The molecule has 1 aromatic rings. The summed E-state index contributed by atoms with van der Waals surface area (Å²) in [6.45, 7) is 5.60. The maximum absolute atomic E-state index is 13.4. The van der Waals surface area contributed by atoms with E-state index in [1.165, 1.54) is 33.5 Å². The number of benzene rings is 1. The molecule has 0 heterocycles. The van der Waals surface area contributed by atoms with Gasteiger partial charge in [0.05, 0.1) is 31.8 Å². The molecule has 1 aromatic carbocycles. The summed E-state index contributed by atoms with van der Waals surface area (Å²) in [4.78, 5) is 26.5. The Morgan fingerprint density at radius 3 is 2.23 bits per heavy atom. The smallest absolute Gasteiger partial charge is 0.193 e. The normalized spacial score (nSPS) is 16.2. The van der Waals surface area contributed by atoms with Crippen molar-refractivity contribution in [2.75, 3.05) is 21.3 Å². The Labute approximate surface area is 188 Å². The van der Waals surface area contributed by atoms with Crippen LogP contribution in [0.2, 0.25) is 5.02 Å². The van der Waals surface area contributed by atoms with E-state index in [1.54, 1.807) is 12.1 Å². The number of allylic oxidation sites excluding steroid dienone is 4. The largest absolute Gasteiger partial charge is 0.507 e. The Morgan fingerprint density at radius 2 is 1.74 bits per heavy atom. The van der Waals surface area contributed by atoms with Crippen molar-refractivity contribution in [2.24, 2.45) is 5.41 Å². The van der Waals surface area contributed by atoms with Gasteiger partial charge in [-0.3, -0.25) is 9.59 Å². The number of Topliss-reactive ketones (excluding diaryl/α,β-unsaturated/α-hetero) is 1. The molecule has 0 spiro atoms. The number of hydrogen-bond donors (Lipinski definition) is 1. The first-order chi connectivity index (χ1) is 14.8. The number of aliphatic hydroxyl groups is 1. The fourth-order valence-electron chi connectivity index (χ4n) is 4.05. The summed E-state index contributed by atoms with van der Waals surface area (Å²) < 4.78 is 16.0. The van der Waals surface area contributed by atoms with Crippen molar-refractivity contribution in [1.82, 2.24) is 0 Å². The lowest BCUT2D eigenvalue weighted by atomic mass is 9.68. The summed E-state index contributed by atoms with van der Waals surface area (Å²) in [5.41, 5.74) is -0.126. The van der Waals surface area contributed by atoms with Gasteiger partial charge in [0.15, 0.2) is 23.1 Å². The number of ketones is 2. The summed E-state index contributed by atoms with van der Waals surface area (Å²) in [7, 11) is 4.45. The van der Waals surface area contributed by atoms with Crippen LogP contribution in [0.4, 0.5) is 0 Å². The minimum atomic E-state index is -0.974. The van der Waals surface area contributed by atoms with Gasteiger partial charge >= 0.3 is 0 Å². The van der Waals surface area contributed by atoms with Gasteiger partial charge in [-0.1, -0.05) is 38.4 Å². The molecule has 7 heteroatoms. The van der Waals surface area contributed by atoms with E-state index < -0.39 is 17.0 Å². The highest BCUT2D eigenvalue weighted by Crippen LogP contribution is 2.46. The molecular weight excluding hydrogens is 420 g/mol. The van der Waals surface area contributed by atoms with Gasteiger partial charge in [0, 0.05) is 5.57 Å². The zero-order chi connectivity index (χ0) is 23.3. The second kappa shape index (κ2) is 10.1. The Hall–Kier alpha value is -2.73. The number of carbonyl (C=O) groups excluding carboxylic acids is 2. The first kappa shape index (κ1) is 24.5. The molecule has 1 N–H and O–H groups in total. The molecule has 6 nitrogen and oxygen atoms in total. The van der Waals surface area contributed by atoms with E-state index in [-0.39, 0.29) is 11.3 Å². The Bertz CT molecular complexity index is 967. The molecule has 0 saturated heterocycles. The fourth-order valence-corrected chi connectivity index (χ4v) is 4.35. The summed E-state index contributed by atoms with van der Waals surface area (Å²) in [5, 5.41) is 11.1. The molecule has 168 valence electrons. The molecule has 0 unspecified atom stereocenters. The van der Waals surface area contributed by atoms with Crippen LogP contribution in [0.5, 0.6) is 11.5 Å². The quantitative estimate of drug-likeness (QED) is 0.399. The molecule has 0 aliphatic heterocycles. The molecule has 0 radical (unpaired) electrons. The van der Waals surface area contributed by atoms with Crippen molar-refractivity contribution in [2.45, 2.75) is 40.0 Å². The van der Waals surface area contributed by atoms with Crippen LogP contribution in [-0.4, -0.2) is 38.0 Å². The molecule has 1 aliphatic carbocycles. The second-order valence-electron chi connectivity index (χ2n) is 7.14. The Balaban J connectivity index is 2.55. The zero-order valence-corrected chi connectivity index (χ0v) is 19.6. The highest BCUT2D eigenvalue weighted by molar-refractivity contribution is 6.32. The highest BCUT2D eigenvalue weighted by atomic mass is 35.5. The van der Waals surface area contributed by atoms with Crippen LogP contribution in [0.1, 0.15) is 45.6 Å². The van der Waals surface area contributed by atoms with E-state index >= 15 is 0 Å². The van der Waals surface area contributed by atoms with Crippen LogP contribution in [0.25, 0.3) is 6.08 Å². The molecule has 0 fully saturated rings. The van der Waals surface area contributed by atoms with Crippen molar-refractivity contribution >= 4 is 29.2 Å². The van der Waals surface area contributed by atoms with Crippen LogP contribution in [0.3, 0.4) is 0 Å². The minimum absolute atomic E-state index is 0.218. The van der Waals surface area contributed by atoms with Gasteiger partial charge in [0.25, 0.3) is 0 Å². The maximum atomic E-state index is 13.4. The number of carbonyl (C=O) groups is 2. The summed E-state index contributed by atoms with van der Waals surface area (Å²) >= 11 is 6.22. The van der Waals surface area contributed by atoms with Gasteiger partial charge in [-0.2, -0.15) is 0 Å². The van der Waals surface area contributed by atoms with Crippen molar-refractivity contribution in [3.05, 3.63) is 51.5 Å². The lowest BCUT2D eigenvalue weighted by Crippen LogP contribution is -2.40. The van der Waals surface area contributed by atoms with Gasteiger partial charge in [0.1, 0.15) is 17.1 Å². The average Bonchev–Trinajstić information content (AvgIpc) is 2.77. The second-order valence-corrected chi connectivity index (χ2v) is 7.55. The molecule has 1 aliphatic rings. The van der Waals surface area contributed by atoms with Crippen LogP contribution in [-0.2, 0) is 14.3 Å². The molecule has 0 amide bonds. The number of methoxy groups -OCH3 is 3. The zero-order valence-electron chi connectivity index (χ0n) is 18.8. The first-order valence-electron chi connectivity index (χ1n) is 10.2. The third kappa shape index (κ3) is 4.22. The number of aliphatic hydroxyl groups excluding tert-OH is 1. The van der Waals surface area contributed by atoms with E-state index in [0.29, 0.717) is 52.7 Å². The van der Waals surface area contributed by atoms with Crippen molar-refractivity contribution < 1.29 is 28.9 Å². The van der Waals surface area contributed by atoms with E-state index in [4.69, 9.17) is 25.8 Å². The average molecular weight is 449 g/mol. The molecular formula is C24H29ClO6. The van der Waals surface area contributed by atoms with Gasteiger partial charge in [-0.15, -0.1) is 0 Å². The molecule has 0 saturated carbocycles. The summed E-state index contributed by atoms with van der Waals surface area (Å²) in [5.74, 6) is -0.0906. The highest BCUT2D eigenvalue weighted by Gasteiger charge is 2.49. The number of hydrogen-bond acceptors (Lipinski definition) is 6. The molecule has 0 aromatic heterocycles. The monoisotopic (exact) mass is 448 g/mol. The standard InChI is InChI=1S/C24H29ClO6/c1-7-15-20(27)19(22(28)24(8-2,9-3)23(15)31-6)17(26)11-10-14-12-16(25)21(30-5)18(13-14)29-4/h10-13,27H,7-9H2,1-6H3/b11-10+. The third-order valence-corrected chi connectivity index (χ3v) is 6.07. The van der Waals surface area contributed by atoms with Crippen LogP contribution in [0, 0.1) is 5.41 Å². The predicted molar refractivity (Wildman–Crippen MR) is 121 cm³/mol. The molecule has 31 heavy (non-hydrogen) atoms. The van der Waals surface area contributed by atoms with Crippen LogP contribution >= 0.6 is 11.6 Å². The number of halogens is 1. The Kier molecular flexibility index (Phi) is 7.96.